The summed E-state index contributed by atoms with van der Waals surface area (Å²) in [5, 5.41) is 14.0. The molecule has 0 radical (unpaired) electrons. The molecule has 0 amide bonds. The van der Waals surface area contributed by atoms with Gasteiger partial charge in [-0.1, -0.05) is 29.8 Å². The van der Waals surface area contributed by atoms with Crippen LogP contribution in [0.15, 0.2) is 42.5 Å². The number of benzene rings is 2. The first-order valence-electron chi connectivity index (χ1n) is 6.30. The fourth-order valence-electron chi connectivity index (χ4n) is 2.09. The van der Waals surface area contributed by atoms with Crippen molar-refractivity contribution < 1.29 is 5.11 Å². The molecule has 0 aliphatic heterocycles. The van der Waals surface area contributed by atoms with Crippen molar-refractivity contribution in [2.75, 3.05) is 11.9 Å². The van der Waals surface area contributed by atoms with Crippen LogP contribution in [0, 0.1) is 13.8 Å². The molecule has 0 spiro atoms. The smallest absolute Gasteiger partial charge is 0.0962 e. The Morgan fingerprint density at radius 3 is 2.21 bits per heavy atom. The number of nitrogens with one attached hydrogen (secondary N) is 1. The molecule has 100 valence electrons. The van der Waals surface area contributed by atoms with Gasteiger partial charge in [-0.15, -0.1) is 0 Å². The zero-order chi connectivity index (χ0) is 13.8. The lowest BCUT2D eigenvalue weighted by molar-refractivity contribution is 0.191. The summed E-state index contributed by atoms with van der Waals surface area (Å²) in [5.74, 6) is 0. The summed E-state index contributed by atoms with van der Waals surface area (Å²) in [6.45, 7) is 4.60. The minimum absolute atomic E-state index is 0.477. The molecule has 0 saturated heterocycles. The van der Waals surface area contributed by atoms with Gasteiger partial charge in [0.25, 0.3) is 0 Å². The molecular formula is C16H18ClNO. The Morgan fingerprint density at radius 2 is 1.63 bits per heavy atom. The van der Waals surface area contributed by atoms with E-state index in [1.807, 2.05) is 12.1 Å². The molecule has 0 saturated carbocycles. The van der Waals surface area contributed by atoms with Crippen molar-refractivity contribution in [3.63, 3.8) is 0 Å². The van der Waals surface area contributed by atoms with Gasteiger partial charge in [-0.05, 0) is 54.8 Å². The molecular weight excluding hydrogens is 258 g/mol. The zero-order valence-corrected chi connectivity index (χ0v) is 11.9. The second kappa shape index (κ2) is 6.09. The normalized spacial score (nSPS) is 12.2. The minimum Gasteiger partial charge on any atom is -0.387 e. The van der Waals surface area contributed by atoms with Crippen LogP contribution in [0.25, 0.3) is 0 Å². The lowest BCUT2D eigenvalue weighted by Crippen LogP contribution is -2.12. The molecule has 0 aliphatic rings. The summed E-state index contributed by atoms with van der Waals surface area (Å²) in [6.07, 6.45) is -0.543. The van der Waals surface area contributed by atoms with Crippen LogP contribution in [-0.4, -0.2) is 11.7 Å². The average molecular weight is 276 g/mol. The van der Waals surface area contributed by atoms with E-state index in [-0.39, 0.29) is 0 Å². The van der Waals surface area contributed by atoms with Gasteiger partial charge in [-0.25, -0.2) is 0 Å². The fourth-order valence-corrected chi connectivity index (χ4v) is 2.22. The Kier molecular flexibility index (Phi) is 4.46. The highest BCUT2D eigenvalue weighted by Gasteiger charge is 2.07. The summed E-state index contributed by atoms with van der Waals surface area (Å²) in [7, 11) is 0. The predicted octanol–water partition coefficient (Wildman–Crippen LogP) is 4.10. The average Bonchev–Trinajstić information content (AvgIpc) is 2.36. The van der Waals surface area contributed by atoms with Crippen LogP contribution in [-0.2, 0) is 0 Å². The molecule has 0 aromatic heterocycles. The number of anilines is 1. The van der Waals surface area contributed by atoms with Gasteiger partial charge in [-0.2, -0.15) is 0 Å². The molecule has 0 bridgehead atoms. The molecule has 0 aliphatic carbocycles. The summed E-state index contributed by atoms with van der Waals surface area (Å²) in [6, 6.07) is 13.5. The van der Waals surface area contributed by atoms with Crippen molar-refractivity contribution in [1.29, 1.82) is 0 Å². The third-order valence-corrected chi connectivity index (χ3v) is 3.23. The van der Waals surface area contributed by atoms with E-state index >= 15 is 0 Å². The van der Waals surface area contributed by atoms with E-state index in [0.29, 0.717) is 11.6 Å². The molecule has 19 heavy (non-hydrogen) atoms. The molecule has 2 nitrogen and oxygen atoms in total. The number of aryl methyl sites for hydroxylation is 2. The molecule has 1 unspecified atom stereocenters. The topological polar surface area (TPSA) is 32.3 Å². The number of aliphatic hydroxyl groups is 1. The zero-order valence-electron chi connectivity index (χ0n) is 11.2. The number of hydrogen-bond donors (Lipinski definition) is 2. The van der Waals surface area contributed by atoms with Gasteiger partial charge < -0.3 is 10.4 Å². The third kappa shape index (κ3) is 3.98. The van der Waals surface area contributed by atoms with Crippen LogP contribution >= 0.6 is 11.6 Å². The van der Waals surface area contributed by atoms with Gasteiger partial charge in [0.1, 0.15) is 0 Å². The van der Waals surface area contributed by atoms with Crippen LogP contribution in [0.5, 0.6) is 0 Å². The Bertz CT molecular complexity index is 531. The van der Waals surface area contributed by atoms with Gasteiger partial charge in [0.05, 0.1) is 6.10 Å². The molecule has 2 aromatic rings. The summed E-state index contributed by atoms with van der Waals surface area (Å²) >= 11 is 5.83. The standard InChI is InChI=1S/C16H18ClNO/c1-11-7-12(2)9-15(8-11)18-10-16(19)13-3-5-14(17)6-4-13/h3-9,16,18-19H,10H2,1-2H3. The van der Waals surface area contributed by atoms with Gasteiger partial charge in [0.2, 0.25) is 0 Å². The highest BCUT2D eigenvalue weighted by molar-refractivity contribution is 6.30. The second-order valence-corrected chi connectivity index (χ2v) is 5.26. The Labute approximate surface area is 119 Å². The summed E-state index contributed by atoms with van der Waals surface area (Å²) in [4.78, 5) is 0. The van der Waals surface area contributed by atoms with Gasteiger partial charge in [0.15, 0.2) is 0 Å². The van der Waals surface area contributed by atoms with E-state index in [9.17, 15) is 5.11 Å². The maximum absolute atomic E-state index is 10.1. The van der Waals surface area contributed by atoms with Crippen molar-refractivity contribution in [2.24, 2.45) is 0 Å². The summed E-state index contributed by atoms with van der Waals surface area (Å²) < 4.78 is 0. The van der Waals surface area contributed by atoms with Crippen LogP contribution in [0.1, 0.15) is 22.8 Å². The second-order valence-electron chi connectivity index (χ2n) is 4.82. The maximum atomic E-state index is 10.1. The van der Waals surface area contributed by atoms with Crippen molar-refractivity contribution in [3.8, 4) is 0 Å². The van der Waals surface area contributed by atoms with E-state index in [4.69, 9.17) is 11.6 Å². The number of halogens is 1. The van der Waals surface area contributed by atoms with Crippen LogP contribution in [0.4, 0.5) is 5.69 Å². The number of hydrogen-bond acceptors (Lipinski definition) is 2. The van der Waals surface area contributed by atoms with Crippen molar-refractivity contribution in [3.05, 3.63) is 64.2 Å². The fraction of sp³-hybridized carbons (Fsp3) is 0.250. The molecule has 2 N–H and O–H groups in total. The van der Waals surface area contributed by atoms with Crippen molar-refractivity contribution in [2.45, 2.75) is 20.0 Å². The molecule has 3 heteroatoms. The van der Waals surface area contributed by atoms with Gasteiger partial charge in [-0.3, -0.25) is 0 Å². The number of rotatable bonds is 4. The first-order chi connectivity index (χ1) is 9.04. The van der Waals surface area contributed by atoms with E-state index in [0.717, 1.165) is 11.3 Å². The largest absolute Gasteiger partial charge is 0.387 e. The molecule has 2 aromatic carbocycles. The molecule has 0 fully saturated rings. The van der Waals surface area contributed by atoms with Crippen molar-refractivity contribution in [1.82, 2.24) is 0 Å². The van der Waals surface area contributed by atoms with E-state index in [1.54, 1.807) is 12.1 Å². The first kappa shape index (κ1) is 13.9. The maximum Gasteiger partial charge on any atom is 0.0962 e. The first-order valence-corrected chi connectivity index (χ1v) is 6.68. The SMILES string of the molecule is Cc1cc(C)cc(NCC(O)c2ccc(Cl)cc2)c1. The van der Waals surface area contributed by atoms with Crippen LogP contribution < -0.4 is 5.32 Å². The van der Waals surface area contributed by atoms with E-state index in [1.165, 1.54) is 11.1 Å². The summed E-state index contributed by atoms with van der Waals surface area (Å²) in [5.41, 5.74) is 4.32. The van der Waals surface area contributed by atoms with E-state index in [2.05, 4.69) is 37.4 Å². The Morgan fingerprint density at radius 1 is 1.05 bits per heavy atom. The quantitative estimate of drug-likeness (QED) is 0.880. The number of aliphatic hydroxyl groups excluding tert-OH is 1. The molecule has 2 rings (SSSR count). The monoisotopic (exact) mass is 275 g/mol. The highest BCUT2D eigenvalue weighted by Crippen LogP contribution is 2.18. The third-order valence-electron chi connectivity index (χ3n) is 2.98. The van der Waals surface area contributed by atoms with E-state index < -0.39 is 6.10 Å². The van der Waals surface area contributed by atoms with Crippen LogP contribution in [0.3, 0.4) is 0 Å². The van der Waals surface area contributed by atoms with Crippen LogP contribution in [0.2, 0.25) is 5.02 Å². The lowest BCUT2D eigenvalue weighted by atomic mass is 10.1. The van der Waals surface area contributed by atoms with Gasteiger partial charge >= 0.3 is 0 Å². The predicted molar refractivity (Wildman–Crippen MR) is 80.8 cm³/mol. The van der Waals surface area contributed by atoms with Gasteiger partial charge in [0, 0.05) is 17.3 Å². The minimum atomic E-state index is -0.543. The molecule has 0 heterocycles. The Hall–Kier alpha value is -1.51. The van der Waals surface area contributed by atoms with Crippen molar-refractivity contribution >= 4 is 17.3 Å². The molecule has 1 atom stereocenters. The lowest BCUT2D eigenvalue weighted by Gasteiger charge is -2.14. The highest BCUT2D eigenvalue weighted by atomic mass is 35.5. The Balaban J connectivity index is 1.99.